The molecular formula is C29H38N2O. The molecule has 170 valence electrons. The SMILES string of the molecule is CCCCCCN(CCCCCC)C(=O)c1cc(-c2cccc(C)c2)nc2ccccc12. The van der Waals surface area contributed by atoms with Crippen molar-refractivity contribution in [3.8, 4) is 11.3 Å². The number of benzene rings is 2. The number of amides is 1. The van der Waals surface area contributed by atoms with E-state index < -0.39 is 0 Å². The van der Waals surface area contributed by atoms with Gasteiger partial charge in [0.1, 0.15) is 0 Å². The molecular weight excluding hydrogens is 392 g/mol. The summed E-state index contributed by atoms with van der Waals surface area (Å²) >= 11 is 0. The van der Waals surface area contributed by atoms with Crippen LogP contribution in [0.2, 0.25) is 0 Å². The molecule has 0 fully saturated rings. The lowest BCUT2D eigenvalue weighted by molar-refractivity contribution is 0.0751. The summed E-state index contributed by atoms with van der Waals surface area (Å²) in [5.74, 6) is 0.144. The van der Waals surface area contributed by atoms with E-state index in [2.05, 4.69) is 49.9 Å². The topological polar surface area (TPSA) is 33.2 Å². The first-order valence-corrected chi connectivity index (χ1v) is 12.4. The first-order valence-electron chi connectivity index (χ1n) is 12.4. The number of aryl methyl sites for hydroxylation is 1. The van der Waals surface area contributed by atoms with Crippen molar-refractivity contribution in [1.29, 1.82) is 0 Å². The number of hydrogen-bond donors (Lipinski definition) is 0. The summed E-state index contributed by atoms with van der Waals surface area (Å²) in [7, 11) is 0. The monoisotopic (exact) mass is 430 g/mol. The molecule has 0 N–H and O–H groups in total. The molecule has 1 heterocycles. The number of para-hydroxylation sites is 1. The predicted octanol–water partition coefficient (Wildman–Crippen LogP) is 7.81. The lowest BCUT2D eigenvalue weighted by atomic mass is 10.0. The van der Waals surface area contributed by atoms with Crippen LogP contribution >= 0.6 is 0 Å². The largest absolute Gasteiger partial charge is 0.339 e. The van der Waals surface area contributed by atoms with Gasteiger partial charge in [-0.05, 0) is 38.0 Å². The number of hydrogen-bond acceptors (Lipinski definition) is 2. The van der Waals surface area contributed by atoms with E-state index in [1.807, 2.05) is 30.3 Å². The van der Waals surface area contributed by atoms with E-state index in [0.29, 0.717) is 0 Å². The van der Waals surface area contributed by atoms with Crippen molar-refractivity contribution in [2.24, 2.45) is 0 Å². The normalized spacial score (nSPS) is 11.1. The van der Waals surface area contributed by atoms with E-state index >= 15 is 0 Å². The fourth-order valence-electron chi connectivity index (χ4n) is 4.25. The Morgan fingerprint density at radius 1 is 0.812 bits per heavy atom. The highest BCUT2D eigenvalue weighted by Gasteiger charge is 2.19. The van der Waals surface area contributed by atoms with Crippen molar-refractivity contribution in [3.05, 3.63) is 65.7 Å². The van der Waals surface area contributed by atoms with Crippen LogP contribution in [0.15, 0.2) is 54.6 Å². The Labute approximate surface area is 193 Å². The van der Waals surface area contributed by atoms with Crippen LogP contribution in [0.25, 0.3) is 22.2 Å². The fourth-order valence-corrected chi connectivity index (χ4v) is 4.25. The number of aromatic nitrogens is 1. The molecule has 0 unspecified atom stereocenters. The summed E-state index contributed by atoms with van der Waals surface area (Å²) in [5.41, 5.74) is 4.78. The number of pyridine rings is 1. The van der Waals surface area contributed by atoms with Gasteiger partial charge in [0.25, 0.3) is 5.91 Å². The smallest absolute Gasteiger partial charge is 0.254 e. The lowest BCUT2D eigenvalue weighted by Crippen LogP contribution is -2.33. The molecule has 0 aliphatic rings. The van der Waals surface area contributed by atoms with E-state index in [0.717, 1.165) is 53.7 Å². The van der Waals surface area contributed by atoms with Gasteiger partial charge in [-0.25, -0.2) is 4.98 Å². The molecule has 0 saturated carbocycles. The van der Waals surface area contributed by atoms with Crippen LogP contribution in [0.4, 0.5) is 0 Å². The summed E-state index contributed by atoms with van der Waals surface area (Å²) in [6.07, 6.45) is 9.38. The third-order valence-corrected chi connectivity index (χ3v) is 6.11. The van der Waals surface area contributed by atoms with Gasteiger partial charge in [-0.1, -0.05) is 94.3 Å². The van der Waals surface area contributed by atoms with Crippen LogP contribution in [0.5, 0.6) is 0 Å². The average molecular weight is 431 g/mol. The zero-order valence-electron chi connectivity index (χ0n) is 20.1. The van der Waals surface area contributed by atoms with Gasteiger partial charge in [0, 0.05) is 24.0 Å². The number of nitrogens with zero attached hydrogens (tertiary/aromatic N) is 2. The van der Waals surface area contributed by atoms with E-state index in [-0.39, 0.29) is 5.91 Å². The van der Waals surface area contributed by atoms with Crippen molar-refractivity contribution < 1.29 is 4.79 Å². The van der Waals surface area contributed by atoms with Crippen LogP contribution in [-0.4, -0.2) is 28.9 Å². The fraction of sp³-hybridized carbons (Fsp3) is 0.448. The summed E-state index contributed by atoms with van der Waals surface area (Å²) in [6.45, 7) is 8.21. The van der Waals surface area contributed by atoms with Crippen LogP contribution < -0.4 is 0 Å². The zero-order valence-corrected chi connectivity index (χ0v) is 20.1. The number of unbranched alkanes of at least 4 members (excludes halogenated alkanes) is 6. The van der Waals surface area contributed by atoms with Crippen molar-refractivity contribution >= 4 is 16.8 Å². The van der Waals surface area contributed by atoms with Crippen molar-refractivity contribution in [2.75, 3.05) is 13.1 Å². The Hall–Kier alpha value is -2.68. The molecule has 0 aliphatic carbocycles. The van der Waals surface area contributed by atoms with Crippen molar-refractivity contribution in [1.82, 2.24) is 9.88 Å². The summed E-state index contributed by atoms with van der Waals surface area (Å²) < 4.78 is 0. The van der Waals surface area contributed by atoms with Gasteiger partial charge in [0.15, 0.2) is 0 Å². The molecule has 2 aromatic carbocycles. The molecule has 0 bridgehead atoms. The Kier molecular flexibility index (Phi) is 9.27. The second kappa shape index (κ2) is 12.4. The van der Waals surface area contributed by atoms with Crippen LogP contribution in [0.1, 0.15) is 81.1 Å². The molecule has 3 nitrogen and oxygen atoms in total. The van der Waals surface area contributed by atoms with Crippen LogP contribution in [0, 0.1) is 6.92 Å². The second-order valence-electron chi connectivity index (χ2n) is 8.86. The highest BCUT2D eigenvalue weighted by molar-refractivity contribution is 6.07. The Balaban J connectivity index is 1.94. The molecule has 0 aliphatic heterocycles. The van der Waals surface area contributed by atoms with E-state index in [1.165, 1.54) is 44.1 Å². The van der Waals surface area contributed by atoms with Gasteiger partial charge in [-0.3, -0.25) is 4.79 Å². The maximum absolute atomic E-state index is 13.8. The first-order chi connectivity index (χ1) is 15.6. The van der Waals surface area contributed by atoms with Gasteiger partial charge in [0.05, 0.1) is 16.8 Å². The highest BCUT2D eigenvalue weighted by atomic mass is 16.2. The number of rotatable bonds is 12. The molecule has 32 heavy (non-hydrogen) atoms. The Morgan fingerprint density at radius 3 is 2.16 bits per heavy atom. The quantitative estimate of drug-likeness (QED) is 0.274. The third kappa shape index (κ3) is 6.41. The molecule has 0 saturated heterocycles. The minimum atomic E-state index is 0.144. The van der Waals surface area contributed by atoms with E-state index in [1.54, 1.807) is 0 Å². The summed E-state index contributed by atoms with van der Waals surface area (Å²) in [5, 5.41) is 0.945. The van der Waals surface area contributed by atoms with Gasteiger partial charge in [-0.2, -0.15) is 0 Å². The minimum absolute atomic E-state index is 0.144. The molecule has 1 aromatic heterocycles. The lowest BCUT2D eigenvalue weighted by Gasteiger charge is -2.24. The maximum atomic E-state index is 13.8. The Bertz CT molecular complexity index is 999. The third-order valence-electron chi connectivity index (χ3n) is 6.11. The number of carbonyl (C=O) groups excluding carboxylic acids is 1. The van der Waals surface area contributed by atoms with Gasteiger partial charge < -0.3 is 4.90 Å². The molecule has 3 aromatic rings. The zero-order chi connectivity index (χ0) is 22.8. The summed E-state index contributed by atoms with van der Waals surface area (Å²) in [4.78, 5) is 20.8. The summed E-state index contributed by atoms with van der Waals surface area (Å²) in [6, 6.07) is 18.4. The molecule has 0 spiro atoms. The Morgan fingerprint density at radius 2 is 1.50 bits per heavy atom. The molecule has 0 atom stereocenters. The molecule has 3 heteroatoms. The van der Waals surface area contributed by atoms with Gasteiger partial charge in [0.2, 0.25) is 0 Å². The second-order valence-corrected chi connectivity index (χ2v) is 8.86. The van der Waals surface area contributed by atoms with Crippen molar-refractivity contribution in [3.63, 3.8) is 0 Å². The molecule has 1 amide bonds. The van der Waals surface area contributed by atoms with Crippen LogP contribution in [-0.2, 0) is 0 Å². The highest BCUT2D eigenvalue weighted by Crippen LogP contribution is 2.27. The van der Waals surface area contributed by atoms with E-state index in [4.69, 9.17) is 4.98 Å². The molecule has 3 rings (SSSR count). The molecule has 0 radical (unpaired) electrons. The average Bonchev–Trinajstić information content (AvgIpc) is 2.82. The predicted molar refractivity (Wildman–Crippen MR) is 136 cm³/mol. The first kappa shape index (κ1) is 24.0. The van der Waals surface area contributed by atoms with Gasteiger partial charge in [-0.15, -0.1) is 0 Å². The van der Waals surface area contributed by atoms with Gasteiger partial charge >= 0.3 is 0 Å². The number of carbonyl (C=O) groups is 1. The number of fused-ring (bicyclic) bond motifs is 1. The maximum Gasteiger partial charge on any atom is 0.254 e. The van der Waals surface area contributed by atoms with E-state index in [9.17, 15) is 4.79 Å². The minimum Gasteiger partial charge on any atom is -0.339 e. The van der Waals surface area contributed by atoms with Crippen LogP contribution in [0.3, 0.4) is 0 Å². The van der Waals surface area contributed by atoms with Crippen molar-refractivity contribution in [2.45, 2.75) is 72.1 Å². The standard InChI is InChI=1S/C29H38N2O/c1-4-6-8-12-19-31(20-13-9-7-5-2)29(32)26-22-28(24-16-14-15-23(3)21-24)30-27-18-11-10-17-25(26)27/h10-11,14-18,21-22H,4-9,12-13,19-20H2,1-3H3.